The Hall–Kier alpha value is -3.04. The van der Waals surface area contributed by atoms with Gasteiger partial charge in [0.1, 0.15) is 17.5 Å². The second-order valence-corrected chi connectivity index (χ2v) is 7.41. The molecule has 4 rings (SSSR count). The number of hydrogen-bond acceptors (Lipinski definition) is 7. The summed E-state index contributed by atoms with van der Waals surface area (Å²) in [7, 11) is 0. The lowest BCUT2D eigenvalue weighted by atomic mass is 9.93. The first-order valence-corrected chi connectivity index (χ1v) is 9.53. The minimum Gasteiger partial charge on any atom is -0.474 e. The third kappa shape index (κ3) is 4.52. The maximum absolute atomic E-state index is 13.1. The van der Waals surface area contributed by atoms with Gasteiger partial charge in [0.25, 0.3) is 11.8 Å². The van der Waals surface area contributed by atoms with Crippen LogP contribution in [0.2, 0.25) is 0 Å². The highest BCUT2D eigenvalue weighted by molar-refractivity contribution is 5.94. The summed E-state index contributed by atoms with van der Waals surface area (Å²) in [5.74, 6) is -2.03. The van der Waals surface area contributed by atoms with E-state index < -0.39 is 11.8 Å². The Balaban J connectivity index is 1.30. The number of ether oxygens (including phenoxy) is 1. The molecule has 0 spiro atoms. The van der Waals surface area contributed by atoms with E-state index in [2.05, 4.69) is 20.3 Å². The summed E-state index contributed by atoms with van der Waals surface area (Å²) in [4.78, 5) is 25.5. The molecule has 2 aromatic rings. The summed E-state index contributed by atoms with van der Waals surface area (Å²) in [6.45, 7) is -0.695. The molecule has 154 valence electrons. The molecule has 2 aromatic heterocycles. The van der Waals surface area contributed by atoms with E-state index in [9.17, 15) is 13.6 Å². The Morgan fingerprint density at radius 3 is 2.62 bits per heavy atom. The molecular formula is C19H22F2N6O2. The van der Waals surface area contributed by atoms with Crippen molar-refractivity contribution < 1.29 is 18.3 Å². The number of aromatic nitrogens is 3. The lowest BCUT2D eigenvalue weighted by Gasteiger charge is -2.38. The summed E-state index contributed by atoms with van der Waals surface area (Å²) >= 11 is 0. The predicted molar refractivity (Wildman–Crippen MR) is 102 cm³/mol. The molecule has 29 heavy (non-hydrogen) atoms. The normalized spacial score (nSPS) is 23.2. The summed E-state index contributed by atoms with van der Waals surface area (Å²) < 4.78 is 32.0. The molecule has 2 fully saturated rings. The van der Waals surface area contributed by atoms with Gasteiger partial charge in [-0.25, -0.2) is 18.7 Å². The highest BCUT2D eigenvalue weighted by Gasteiger charge is 2.45. The number of amides is 1. The van der Waals surface area contributed by atoms with Gasteiger partial charge in [-0.2, -0.15) is 4.98 Å². The lowest BCUT2D eigenvalue weighted by Crippen LogP contribution is -2.57. The third-order valence-corrected chi connectivity index (χ3v) is 5.11. The van der Waals surface area contributed by atoms with Gasteiger partial charge in [0.2, 0.25) is 11.8 Å². The van der Waals surface area contributed by atoms with Gasteiger partial charge in [-0.3, -0.25) is 4.79 Å². The number of nitrogens with zero attached hydrogens (tertiary/aromatic N) is 4. The van der Waals surface area contributed by atoms with Gasteiger partial charge in [-0.15, -0.1) is 0 Å². The van der Waals surface area contributed by atoms with Crippen LogP contribution in [0.5, 0.6) is 5.88 Å². The highest BCUT2D eigenvalue weighted by Crippen LogP contribution is 2.30. The first-order chi connectivity index (χ1) is 13.9. The van der Waals surface area contributed by atoms with Crippen LogP contribution in [0.4, 0.5) is 20.5 Å². The van der Waals surface area contributed by atoms with Crippen LogP contribution in [0.3, 0.4) is 0 Å². The van der Waals surface area contributed by atoms with Crippen molar-refractivity contribution in [3.8, 4) is 5.88 Å². The average Bonchev–Trinajstić information content (AvgIpc) is 2.68. The van der Waals surface area contributed by atoms with Crippen molar-refractivity contribution in [1.29, 1.82) is 0 Å². The molecule has 0 atom stereocenters. The molecular weight excluding hydrogens is 382 g/mol. The smallest absolute Gasteiger partial charge is 0.282 e. The number of carbonyl (C=O) groups is 1. The molecule has 3 heterocycles. The van der Waals surface area contributed by atoms with Crippen molar-refractivity contribution >= 4 is 17.7 Å². The molecule has 8 nitrogen and oxygen atoms in total. The third-order valence-electron chi connectivity index (χ3n) is 5.11. The summed E-state index contributed by atoms with van der Waals surface area (Å²) in [5, 5.41) is 3.35. The molecule has 1 saturated carbocycles. The van der Waals surface area contributed by atoms with Crippen LogP contribution in [0.25, 0.3) is 0 Å². The minimum absolute atomic E-state index is 0.0506. The van der Waals surface area contributed by atoms with E-state index in [1.807, 2.05) is 0 Å². The topological polar surface area (TPSA) is 106 Å². The summed E-state index contributed by atoms with van der Waals surface area (Å²) in [6, 6.07) is 5.16. The van der Waals surface area contributed by atoms with Crippen LogP contribution < -0.4 is 20.7 Å². The zero-order valence-electron chi connectivity index (χ0n) is 15.7. The first kappa shape index (κ1) is 19.3. The molecule has 0 aromatic carbocycles. The number of halogens is 2. The summed E-state index contributed by atoms with van der Waals surface area (Å²) in [5.41, 5.74) is 5.64. The van der Waals surface area contributed by atoms with Crippen molar-refractivity contribution in [2.75, 3.05) is 23.3 Å². The average molecular weight is 404 g/mol. The van der Waals surface area contributed by atoms with Crippen LogP contribution in [-0.2, 0) is 0 Å². The number of carbonyl (C=O) groups excluding carboxylic acids is 1. The Morgan fingerprint density at radius 2 is 1.93 bits per heavy atom. The van der Waals surface area contributed by atoms with Crippen molar-refractivity contribution in [3.63, 3.8) is 0 Å². The molecule has 1 aliphatic heterocycles. The van der Waals surface area contributed by atoms with Crippen molar-refractivity contribution in [1.82, 2.24) is 15.0 Å². The van der Waals surface area contributed by atoms with E-state index in [1.165, 1.54) is 4.90 Å². The van der Waals surface area contributed by atoms with Crippen LogP contribution in [0.1, 0.15) is 36.0 Å². The molecule has 1 amide bonds. The molecule has 2 aliphatic rings. The Morgan fingerprint density at radius 1 is 1.17 bits per heavy atom. The zero-order chi connectivity index (χ0) is 20.4. The number of nitrogens with one attached hydrogen (secondary N) is 1. The second-order valence-electron chi connectivity index (χ2n) is 7.41. The van der Waals surface area contributed by atoms with Gasteiger partial charge < -0.3 is 20.7 Å². The summed E-state index contributed by atoms with van der Waals surface area (Å²) in [6.07, 6.45) is 6.32. The van der Waals surface area contributed by atoms with Gasteiger partial charge in [0.15, 0.2) is 0 Å². The van der Waals surface area contributed by atoms with Crippen LogP contribution >= 0.6 is 0 Å². The Kier molecular flexibility index (Phi) is 5.16. The maximum atomic E-state index is 13.1. The second kappa shape index (κ2) is 7.76. The van der Waals surface area contributed by atoms with Gasteiger partial charge >= 0.3 is 0 Å². The van der Waals surface area contributed by atoms with Gasteiger partial charge in [-0.1, -0.05) is 0 Å². The number of alkyl halides is 2. The molecule has 0 bridgehead atoms. The van der Waals surface area contributed by atoms with E-state index in [-0.39, 0.29) is 36.7 Å². The SMILES string of the molecule is NC(=O)c1cccnc1O[C@H]1CC[C@H](Nc2ccnc(N3CC(F)(F)C3)n2)CC1. The largest absolute Gasteiger partial charge is 0.474 e. The van der Waals surface area contributed by atoms with Crippen LogP contribution in [-0.4, -0.2) is 52.0 Å². The van der Waals surface area contributed by atoms with Gasteiger partial charge in [-0.05, 0) is 43.9 Å². The van der Waals surface area contributed by atoms with Gasteiger partial charge in [0.05, 0.1) is 13.1 Å². The van der Waals surface area contributed by atoms with E-state index in [4.69, 9.17) is 10.5 Å². The lowest BCUT2D eigenvalue weighted by molar-refractivity contribution is -0.0271. The Bertz CT molecular complexity index is 881. The fourth-order valence-corrected chi connectivity index (χ4v) is 3.60. The molecule has 1 saturated heterocycles. The van der Waals surface area contributed by atoms with Crippen molar-refractivity contribution in [2.24, 2.45) is 5.73 Å². The standard InChI is InChI=1S/C19H22F2N6O2/c20-19(21)10-27(11-19)18-24-9-7-15(26-18)25-12-3-5-13(6-4-12)29-17-14(16(22)28)2-1-8-23-17/h1-2,7-9,12-13H,3-6,10-11H2,(H2,22,28)(H,24,25,26)/t12-,13-. The minimum atomic E-state index is -2.66. The van der Waals surface area contributed by atoms with Crippen molar-refractivity contribution in [3.05, 3.63) is 36.2 Å². The number of hydrogen-bond donors (Lipinski definition) is 2. The molecule has 3 N–H and O–H groups in total. The fourth-order valence-electron chi connectivity index (χ4n) is 3.60. The fraction of sp³-hybridized carbons (Fsp3) is 0.474. The quantitative estimate of drug-likeness (QED) is 0.760. The number of anilines is 2. The predicted octanol–water partition coefficient (Wildman–Crippen LogP) is 2.23. The Labute approximate surface area is 166 Å². The van der Waals surface area contributed by atoms with Crippen LogP contribution in [0, 0.1) is 0 Å². The van der Waals surface area contributed by atoms with Crippen molar-refractivity contribution in [2.45, 2.75) is 43.8 Å². The van der Waals surface area contributed by atoms with Crippen LogP contribution in [0.15, 0.2) is 30.6 Å². The molecule has 0 radical (unpaired) electrons. The molecule has 0 unspecified atom stereocenters. The number of pyridine rings is 1. The monoisotopic (exact) mass is 404 g/mol. The van der Waals surface area contributed by atoms with E-state index >= 15 is 0 Å². The van der Waals surface area contributed by atoms with Gasteiger partial charge in [0, 0.05) is 18.4 Å². The van der Waals surface area contributed by atoms with E-state index in [0.717, 1.165) is 25.7 Å². The highest BCUT2D eigenvalue weighted by atomic mass is 19.3. The molecule has 10 heteroatoms. The van der Waals surface area contributed by atoms with E-state index in [0.29, 0.717) is 11.8 Å². The number of rotatable bonds is 6. The zero-order valence-corrected chi connectivity index (χ0v) is 15.7. The van der Waals surface area contributed by atoms with E-state index in [1.54, 1.807) is 30.6 Å². The first-order valence-electron chi connectivity index (χ1n) is 9.53. The number of primary amides is 1. The molecule has 1 aliphatic carbocycles. The number of nitrogens with two attached hydrogens (primary N) is 1. The maximum Gasteiger partial charge on any atom is 0.282 e.